The largest absolute Gasteiger partial charge is 0.379 e. The van der Waals surface area contributed by atoms with Crippen LogP contribution in [-0.4, -0.2) is 28.5 Å². The van der Waals surface area contributed by atoms with E-state index in [9.17, 15) is 0 Å². The Bertz CT molecular complexity index is 591. The van der Waals surface area contributed by atoms with Crippen LogP contribution in [0.4, 0.5) is 5.69 Å². The van der Waals surface area contributed by atoms with E-state index >= 15 is 0 Å². The van der Waals surface area contributed by atoms with Crippen LogP contribution in [0.2, 0.25) is 0 Å². The molecule has 1 unspecified atom stereocenters. The first-order chi connectivity index (χ1) is 10.4. The van der Waals surface area contributed by atoms with Crippen molar-refractivity contribution in [2.45, 2.75) is 44.4 Å². The van der Waals surface area contributed by atoms with Crippen LogP contribution in [0.3, 0.4) is 0 Å². The molecule has 1 aliphatic heterocycles. The number of hydrogen-bond donors (Lipinski definition) is 1. The standard InChI is InChI=1S/C17H21N3O/c1-2-5-14-9-15(8-13(14)4-1)19-16-10-18-20(11-16)12-17-6-3-7-21-17/h1-2,4-5,10-11,15,17,19H,3,6-9,12H2. The van der Waals surface area contributed by atoms with E-state index in [1.165, 1.54) is 17.5 Å². The van der Waals surface area contributed by atoms with Crippen molar-refractivity contribution in [1.82, 2.24) is 9.78 Å². The number of nitrogens with zero attached hydrogens (tertiary/aromatic N) is 2. The highest BCUT2D eigenvalue weighted by molar-refractivity contribution is 5.43. The molecule has 0 amide bonds. The second kappa shape index (κ2) is 5.53. The molecule has 0 radical (unpaired) electrons. The number of benzene rings is 1. The maximum atomic E-state index is 5.66. The molecule has 2 heterocycles. The van der Waals surface area contributed by atoms with Crippen LogP contribution in [0.25, 0.3) is 0 Å². The third-order valence-corrected chi connectivity index (χ3v) is 4.47. The van der Waals surface area contributed by atoms with Crippen molar-refractivity contribution in [2.24, 2.45) is 0 Å². The van der Waals surface area contributed by atoms with E-state index in [1.54, 1.807) is 0 Å². The van der Waals surface area contributed by atoms with Gasteiger partial charge in [-0.1, -0.05) is 24.3 Å². The van der Waals surface area contributed by atoms with E-state index in [0.29, 0.717) is 12.1 Å². The van der Waals surface area contributed by atoms with Gasteiger partial charge in [-0.25, -0.2) is 0 Å². The van der Waals surface area contributed by atoms with Crippen LogP contribution in [0.15, 0.2) is 36.7 Å². The first kappa shape index (κ1) is 12.9. The van der Waals surface area contributed by atoms with Gasteiger partial charge in [0, 0.05) is 18.8 Å². The average Bonchev–Trinajstić information content (AvgIpc) is 3.20. The molecule has 1 aromatic carbocycles. The average molecular weight is 283 g/mol. The molecular weight excluding hydrogens is 262 g/mol. The van der Waals surface area contributed by atoms with Crippen LogP contribution in [0.1, 0.15) is 24.0 Å². The highest BCUT2D eigenvalue weighted by Crippen LogP contribution is 2.24. The normalized spacial score (nSPS) is 21.6. The van der Waals surface area contributed by atoms with Crippen molar-refractivity contribution in [3.63, 3.8) is 0 Å². The molecule has 1 N–H and O–H groups in total. The molecule has 0 spiro atoms. The van der Waals surface area contributed by atoms with Crippen molar-refractivity contribution >= 4 is 5.69 Å². The number of nitrogens with one attached hydrogen (secondary N) is 1. The van der Waals surface area contributed by atoms with E-state index in [4.69, 9.17) is 4.74 Å². The van der Waals surface area contributed by atoms with E-state index in [1.807, 2.05) is 10.9 Å². The summed E-state index contributed by atoms with van der Waals surface area (Å²) < 4.78 is 7.66. The second-order valence-electron chi connectivity index (χ2n) is 6.10. The van der Waals surface area contributed by atoms with Crippen molar-refractivity contribution in [3.05, 3.63) is 47.8 Å². The predicted octanol–water partition coefficient (Wildman–Crippen LogP) is 2.64. The number of fused-ring (bicyclic) bond motifs is 1. The van der Waals surface area contributed by atoms with Crippen LogP contribution in [0, 0.1) is 0 Å². The van der Waals surface area contributed by atoms with Gasteiger partial charge >= 0.3 is 0 Å². The number of anilines is 1. The minimum atomic E-state index is 0.341. The lowest BCUT2D eigenvalue weighted by molar-refractivity contribution is 0.0940. The van der Waals surface area contributed by atoms with Gasteiger partial charge in [-0.05, 0) is 36.8 Å². The highest BCUT2D eigenvalue weighted by atomic mass is 16.5. The summed E-state index contributed by atoms with van der Waals surface area (Å²) in [6, 6.07) is 9.21. The molecule has 1 aromatic heterocycles. The maximum Gasteiger partial charge on any atom is 0.0771 e. The Morgan fingerprint density at radius 2 is 2.05 bits per heavy atom. The fourth-order valence-corrected chi connectivity index (χ4v) is 3.43. The zero-order valence-electron chi connectivity index (χ0n) is 12.2. The summed E-state index contributed by atoms with van der Waals surface area (Å²) in [4.78, 5) is 0. The lowest BCUT2D eigenvalue weighted by atomic mass is 10.1. The van der Waals surface area contributed by atoms with E-state index in [0.717, 1.165) is 38.1 Å². The Hall–Kier alpha value is -1.81. The molecule has 110 valence electrons. The van der Waals surface area contributed by atoms with Gasteiger partial charge in [0.2, 0.25) is 0 Å². The summed E-state index contributed by atoms with van der Waals surface area (Å²) in [6.45, 7) is 1.77. The monoisotopic (exact) mass is 283 g/mol. The molecule has 1 atom stereocenters. The van der Waals surface area contributed by atoms with E-state index in [2.05, 4.69) is 40.9 Å². The topological polar surface area (TPSA) is 39.1 Å². The first-order valence-corrected chi connectivity index (χ1v) is 7.84. The van der Waals surface area contributed by atoms with E-state index < -0.39 is 0 Å². The van der Waals surface area contributed by atoms with Crippen molar-refractivity contribution in [3.8, 4) is 0 Å². The summed E-state index contributed by atoms with van der Waals surface area (Å²) in [6.07, 6.45) is 8.91. The van der Waals surface area contributed by atoms with Gasteiger partial charge in [0.15, 0.2) is 0 Å². The molecule has 1 saturated heterocycles. The molecule has 0 bridgehead atoms. The Kier molecular flexibility index (Phi) is 3.39. The first-order valence-electron chi connectivity index (χ1n) is 7.84. The molecule has 2 aromatic rings. The zero-order chi connectivity index (χ0) is 14.1. The summed E-state index contributed by atoms with van der Waals surface area (Å²) in [5, 5.41) is 8.05. The summed E-state index contributed by atoms with van der Waals surface area (Å²) in [7, 11) is 0. The minimum Gasteiger partial charge on any atom is -0.379 e. The fraction of sp³-hybridized carbons (Fsp3) is 0.471. The number of rotatable bonds is 4. The van der Waals surface area contributed by atoms with Gasteiger partial charge in [-0.3, -0.25) is 4.68 Å². The SMILES string of the molecule is c1ccc2c(c1)CC(Nc1cnn(CC3CCCO3)c1)C2. The molecular formula is C17H21N3O. The van der Waals surface area contributed by atoms with Gasteiger partial charge in [0.25, 0.3) is 0 Å². The summed E-state index contributed by atoms with van der Waals surface area (Å²) in [5.41, 5.74) is 4.06. The molecule has 21 heavy (non-hydrogen) atoms. The molecule has 4 rings (SSSR count). The molecule has 1 aliphatic carbocycles. The number of ether oxygens (including phenoxy) is 1. The summed E-state index contributed by atoms with van der Waals surface area (Å²) >= 11 is 0. The van der Waals surface area contributed by atoms with Crippen molar-refractivity contribution < 1.29 is 4.74 Å². The second-order valence-corrected chi connectivity index (χ2v) is 6.10. The van der Waals surface area contributed by atoms with Crippen LogP contribution < -0.4 is 5.32 Å². The Labute approximate surface area is 125 Å². The van der Waals surface area contributed by atoms with Gasteiger partial charge in [-0.15, -0.1) is 0 Å². The number of hydrogen-bond acceptors (Lipinski definition) is 3. The van der Waals surface area contributed by atoms with Crippen LogP contribution in [0.5, 0.6) is 0 Å². The lowest BCUT2D eigenvalue weighted by Gasteiger charge is -2.11. The third-order valence-electron chi connectivity index (χ3n) is 4.47. The predicted molar refractivity (Wildman–Crippen MR) is 82.5 cm³/mol. The smallest absolute Gasteiger partial charge is 0.0771 e. The molecule has 0 saturated carbocycles. The van der Waals surface area contributed by atoms with Crippen molar-refractivity contribution in [1.29, 1.82) is 0 Å². The Morgan fingerprint density at radius 1 is 1.24 bits per heavy atom. The van der Waals surface area contributed by atoms with E-state index in [-0.39, 0.29) is 0 Å². The van der Waals surface area contributed by atoms with Crippen LogP contribution in [-0.2, 0) is 24.1 Å². The molecule has 2 aliphatic rings. The van der Waals surface area contributed by atoms with Gasteiger partial charge in [-0.2, -0.15) is 5.10 Å². The fourth-order valence-electron chi connectivity index (χ4n) is 3.43. The Balaban J connectivity index is 1.37. The van der Waals surface area contributed by atoms with Gasteiger partial charge in [0.05, 0.1) is 24.5 Å². The molecule has 1 fully saturated rings. The van der Waals surface area contributed by atoms with Gasteiger partial charge in [0.1, 0.15) is 0 Å². The van der Waals surface area contributed by atoms with Gasteiger partial charge < -0.3 is 10.1 Å². The summed E-state index contributed by atoms with van der Waals surface area (Å²) in [5.74, 6) is 0. The number of aromatic nitrogens is 2. The van der Waals surface area contributed by atoms with Crippen LogP contribution >= 0.6 is 0 Å². The highest BCUT2D eigenvalue weighted by Gasteiger charge is 2.21. The maximum absolute atomic E-state index is 5.66. The zero-order valence-corrected chi connectivity index (χ0v) is 12.2. The molecule has 4 nitrogen and oxygen atoms in total. The van der Waals surface area contributed by atoms with Crippen molar-refractivity contribution in [2.75, 3.05) is 11.9 Å². The Morgan fingerprint density at radius 3 is 2.76 bits per heavy atom. The minimum absolute atomic E-state index is 0.341. The lowest BCUT2D eigenvalue weighted by Crippen LogP contribution is -2.19. The quantitative estimate of drug-likeness (QED) is 0.937. The molecule has 4 heteroatoms. The third kappa shape index (κ3) is 2.81.